The molecule has 6 rings (SSSR count). The van der Waals surface area contributed by atoms with Crippen LogP contribution < -0.4 is 15.1 Å². The van der Waals surface area contributed by atoms with E-state index in [1.807, 2.05) is 35.2 Å². The number of hydrogen-bond donors (Lipinski definition) is 1. The second-order valence-corrected chi connectivity index (χ2v) is 11.3. The van der Waals surface area contributed by atoms with Crippen molar-refractivity contribution in [3.63, 3.8) is 0 Å². The highest BCUT2D eigenvalue weighted by molar-refractivity contribution is 9.10. The number of nitrogens with zero attached hydrogens (tertiary/aromatic N) is 4. The van der Waals surface area contributed by atoms with Crippen molar-refractivity contribution in [2.24, 2.45) is 5.41 Å². The minimum atomic E-state index is -2.66. The normalized spacial score (nSPS) is 20.5. The van der Waals surface area contributed by atoms with E-state index in [4.69, 9.17) is 0 Å². The summed E-state index contributed by atoms with van der Waals surface area (Å²) in [6.45, 7) is 2.27. The average Bonchev–Trinajstić information content (AvgIpc) is 3.62. The van der Waals surface area contributed by atoms with Crippen LogP contribution in [0.1, 0.15) is 48.9 Å². The van der Waals surface area contributed by atoms with Crippen molar-refractivity contribution >= 4 is 50.1 Å². The molecule has 0 unspecified atom stereocenters. The molecule has 4 heterocycles. The topological polar surface area (TPSA) is 61.4 Å². The van der Waals surface area contributed by atoms with Crippen molar-refractivity contribution in [1.82, 2.24) is 9.97 Å². The number of alkyl halides is 2. The Labute approximate surface area is 217 Å². The Morgan fingerprint density at radius 3 is 2.39 bits per heavy atom. The molecule has 1 amide bonds. The highest BCUT2D eigenvalue weighted by atomic mass is 79.9. The van der Waals surface area contributed by atoms with Crippen molar-refractivity contribution in [3.05, 3.63) is 52.6 Å². The molecule has 1 aromatic carbocycles. The monoisotopic (exact) mass is 555 g/mol. The van der Waals surface area contributed by atoms with Crippen LogP contribution in [0, 0.1) is 5.41 Å². The molecule has 36 heavy (non-hydrogen) atoms. The van der Waals surface area contributed by atoms with Gasteiger partial charge in [-0.1, -0.05) is 22.0 Å². The number of halogens is 3. The van der Waals surface area contributed by atoms with Gasteiger partial charge in [0.15, 0.2) is 5.82 Å². The number of benzene rings is 1. The number of nitrogens with one attached hydrogen (secondary N) is 1. The summed E-state index contributed by atoms with van der Waals surface area (Å²) in [5.74, 6) is -1.98. The van der Waals surface area contributed by atoms with E-state index in [0.717, 1.165) is 41.5 Å². The molecule has 3 aliphatic rings. The Hall–Kier alpha value is -2.81. The fourth-order valence-electron chi connectivity index (χ4n) is 5.44. The lowest BCUT2D eigenvalue weighted by Gasteiger charge is -2.35. The Balaban J connectivity index is 1.29. The number of amides is 1. The fourth-order valence-corrected chi connectivity index (χ4v) is 5.79. The average molecular weight is 556 g/mol. The molecule has 1 aliphatic carbocycles. The van der Waals surface area contributed by atoms with Crippen LogP contribution in [0.3, 0.4) is 0 Å². The zero-order chi connectivity index (χ0) is 24.9. The molecule has 2 saturated heterocycles. The quantitative estimate of drug-likeness (QED) is 0.411. The van der Waals surface area contributed by atoms with Gasteiger partial charge in [0.25, 0.3) is 11.8 Å². The van der Waals surface area contributed by atoms with Gasteiger partial charge in [0.05, 0.1) is 11.3 Å². The summed E-state index contributed by atoms with van der Waals surface area (Å²) >= 11 is 3.57. The van der Waals surface area contributed by atoms with Gasteiger partial charge in [0, 0.05) is 55.1 Å². The van der Waals surface area contributed by atoms with Crippen LogP contribution in [0.2, 0.25) is 0 Å². The molecule has 1 saturated carbocycles. The molecule has 188 valence electrons. The van der Waals surface area contributed by atoms with Crippen LogP contribution in [-0.2, 0) is 0 Å². The van der Waals surface area contributed by atoms with Crippen molar-refractivity contribution < 1.29 is 13.6 Å². The molecule has 1 spiro atoms. The minimum Gasteiger partial charge on any atom is -0.371 e. The Morgan fingerprint density at radius 2 is 1.67 bits per heavy atom. The number of carbonyl (C=O) groups is 1. The van der Waals surface area contributed by atoms with Gasteiger partial charge in [-0.2, -0.15) is 0 Å². The summed E-state index contributed by atoms with van der Waals surface area (Å²) in [6.07, 6.45) is 6.20. The van der Waals surface area contributed by atoms with Gasteiger partial charge in [-0.25, -0.2) is 13.8 Å². The molecule has 6 nitrogen and oxygen atoms in total. The highest BCUT2D eigenvalue weighted by Gasteiger charge is 2.44. The summed E-state index contributed by atoms with van der Waals surface area (Å²) < 4.78 is 28.5. The molecule has 2 aliphatic heterocycles. The lowest BCUT2D eigenvalue weighted by molar-refractivity contribution is -0.0221. The standard InChI is InChI=1S/C27H28BrF2N5O/c28-19-3-4-20(21(17-19)34-12-7-26(5-6-26)8-13-34)25(36)33-22-16-18-2-1-11-31-23(18)24(32-22)35-14-9-27(29,30)10-15-35/h1-4,11,16-17H,5-10,12-15H2,(H,32,33,36). The molecule has 2 aromatic heterocycles. The van der Waals surface area contributed by atoms with E-state index < -0.39 is 5.92 Å². The lowest BCUT2D eigenvalue weighted by Crippen LogP contribution is -2.40. The summed E-state index contributed by atoms with van der Waals surface area (Å²) in [6, 6.07) is 11.2. The van der Waals surface area contributed by atoms with Crippen LogP contribution >= 0.6 is 15.9 Å². The zero-order valence-electron chi connectivity index (χ0n) is 19.9. The van der Waals surface area contributed by atoms with Crippen LogP contribution in [0.15, 0.2) is 47.1 Å². The molecule has 0 radical (unpaired) electrons. The second-order valence-electron chi connectivity index (χ2n) is 10.4. The first-order chi connectivity index (χ1) is 17.3. The summed E-state index contributed by atoms with van der Waals surface area (Å²) in [5, 5.41) is 3.78. The summed E-state index contributed by atoms with van der Waals surface area (Å²) in [7, 11) is 0. The SMILES string of the molecule is O=C(Nc1cc2cccnc2c(N2CCC(F)(F)CC2)n1)c1ccc(Br)cc1N1CCC2(CC1)CC2. The van der Waals surface area contributed by atoms with E-state index in [9.17, 15) is 13.6 Å². The maximum absolute atomic E-state index is 13.8. The van der Waals surface area contributed by atoms with Crippen molar-refractivity contribution in [2.75, 3.05) is 41.3 Å². The van der Waals surface area contributed by atoms with Gasteiger partial charge in [-0.3, -0.25) is 9.78 Å². The fraction of sp³-hybridized carbons (Fsp3) is 0.444. The molecule has 1 N–H and O–H groups in total. The Bertz CT molecular complexity index is 1310. The maximum Gasteiger partial charge on any atom is 0.258 e. The maximum atomic E-state index is 13.8. The number of anilines is 3. The van der Waals surface area contributed by atoms with Crippen LogP contribution in [0.4, 0.5) is 26.1 Å². The van der Waals surface area contributed by atoms with E-state index in [0.29, 0.717) is 28.1 Å². The summed E-state index contributed by atoms with van der Waals surface area (Å²) in [5.41, 5.74) is 2.70. The van der Waals surface area contributed by atoms with Crippen LogP contribution in [0.5, 0.6) is 0 Å². The van der Waals surface area contributed by atoms with Crippen molar-refractivity contribution in [2.45, 2.75) is 44.4 Å². The van der Waals surface area contributed by atoms with Gasteiger partial charge >= 0.3 is 0 Å². The van der Waals surface area contributed by atoms with E-state index >= 15 is 0 Å². The molecule has 0 bridgehead atoms. The van der Waals surface area contributed by atoms with Gasteiger partial charge in [-0.05, 0) is 61.4 Å². The first-order valence-electron chi connectivity index (χ1n) is 12.6. The van der Waals surface area contributed by atoms with Crippen molar-refractivity contribution in [1.29, 1.82) is 0 Å². The van der Waals surface area contributed by atoms with Crippen LogP contribution in [0.25, 0.3) is 10.9 Å². The van der Waals surface area contributed by atoms with E-state index in [-0.39, 0.29) is 31.8 Å². The smallest absolute Gasteiger partial charge is 0.258 e. The molecule has 9 heteroatoms. The predicted octanol–water partition coefficient (Wildman–Crippen LogP) is 6.26. The van der Waals surface area contributed by atoms with Crippen LogP contribution in [-0.4, -0.2) is 48.0 Å². The number of piperidine rings is 2. The van der Waals surface area contributed by atoms with E-state index in [1.165, 1.54) is 12.8 Å². The molecule has 0 atom stereocenters. The highest BCUT2D eigenvalue weighted by Crippen LogP contribution is 2.54. The molecule has 3 aromatic rings. The van der Waals surface area contributed by atoms with Gasteiger partial charge < -0.3 is 15.1 Å². The lowest BCUT2D eigenvalue weighted by atomic mass is 9.93. The molecular weight excluding hydrogens is 528 g/mol. The number of rotatable bonds is 4. The Kier molecular flexibility index (Phi) is 5.85. The largest absolute Gasteiger partial charge is 0.371 e. The third-order valence-electron chi connectivity index (χ3n) is 7.93. The van der Waals surface area contributed by atoms with E-state index in [2.05, 4.69) is 36.1 Å². The first kappa shape index (κ1) is 23.6. The third-order valence-corrected chi connectivity index (χ3v) is 8.42. The minimum absolute atomic E-state index is 0.191. The molecule has 3 fully saturated rings. The zero-order valence-corrected chi connectivity index (χ0v) is 21.5. The number of hydrogen-bond acceptors (Lipinski definition) is 5. The predicted molar refractivity (Wildman–Crippen MR) is 141 cm³/mol. The van der Waals surface area contributed by atoms with Gasteiger partial charge in [0.2, 0.25) is 0 Å². The van der Waals surface area contributed by atoms with Crippen molar-refractivity contribution in [3.8, 4) is 0 Å². The number of fused-ring (bicyclic) bond motifs is 1. The van der Waals surface area contributed by atoms with Gasteiger partial charge in [0.1, 0.15) is 11.3 Å². The summed E-state index contributed by atoms with van der Waals surface area (Å²) in [4.78, 5) is 26.8. The first-order valence-corrected chi connectivity index (χ1v) is 13.3. The third kappa shape index (κ3) is 4.65. The Morgan fingerprint density at radius 1 is 0.944 bits per heavy atom. The second kappa shape index (κ2) is 8.94. The van der Waals surface area contributed by atoms with Gasteiger partial charge in [-0.15, -0.1) is 0 Å². The number of aromatic nitrogens is 2. The van der Waals surface area contributed by atoms with E-state index in [1.54, 1.807) is 12.3 Å². The number of pyridine rings is 2. The molecular formula is C27H28BrF2N5O. The number of carbonyl (C=O) groups excluding carboxylic acids is 1.